The highest BCUT2D eigenvalue weighted by molar-refractivity contribution is 7.22. The van der Waals surface area contributed by atoms with Gasteiger partial charge in [-0.05, 0) is 84.9 Å². The molecule has 0 bridgehead atoms. The summed E-state index contributed by atoms with van der Waals surface area (Å²) in [4.78, 5) is 39.8. The Kier molecular flexibility index (Phi) is 7.96. The van der Waals surface area contributed by atoms with Crippen LogP contribution in [-0.2, 0) is 0 Å². The van der Waals surface area contributed by atoms with Gasteiger partial charge < -0.3 is 8.83 Å². The summed E-state index contributed by atoms with van der Waals surface area (Å²) in [5, 5.41) is 1.58. The molecule has 6 aromatic carbocycles. The molecule has 0 fully saturated rings. The van der Waals surface area contributed by atoms with Crippen molar-refractivity contribution in [3.8, 4) is 78.5 Å². The van der Waals surface area contributed by atoms with Crippen molar-refractivity contribution in [1.82, 2.24) is 39.9 Å². The maximum absolute atomic E-state index is 6.07. The number of hydrogen-bond donors (Lipinski definition) is 0. The lowest BCUT2D eigenvalue weighted by atomic mass is 10.1. The number of rotatable bonds is 7. The highest BCUT2D eigenvalue weighted by Gasteiger charge is 2.20. The van der Waals surface area contributed by atoms with E-state index in [1.807, 2.05) is 146 Å². The second-order valence-electron chi connectivity index (χ2n) is 14.0. The number of aromatic nitrogens is 8. The molecule has 6 aromatic heterocycles. The van der Waals surface area contributed by atoms with Crippen LogP contribution < -0.4 is 0 Å². The molecule has 0 aliphatic carbocycles. The summed E-state index contributed by atoms with van der Waals surface area (Å²) in [6.45, 7) is 0. The number of oxazole rings is 2. The van der Waals surface area contributed by atoms with E-state index < -0.39 is 0 Å². The van der Waals surface area contributed by atoms with Crippen molar-refractivity contribution in [1.29, 1.82) is 0 Å². The maximum Gasteiger partial charge on any atom is 0.227 e. The van der Waals surface area contributed by atoms with Crippen LogP contribution in [0.25, 0.3) is 121 Å². The van der Waals surface area contributed by atoms with Crippen LogP contribution in [0.3, 0.4) is 0 Å². The molecule has 6 heterocycles. The summed E-state index contributed by atoms with van der Waals surface area (Å²) in [7, 11) is 0. The smallest absolute Gasteiger partial charge is 0.227 e. The predicted molar refractivity (Wildman–Crippen MR) is 237 cm³/mol. The number of fused-ring (bicyclic) bond motifs is 4. The van der Waals surface area contributed by atoms with Gasteiger partial charge in [-0.2, -0.15) is 0 Å². The van der Waals surface area contributed by atoms with Crippen molar-refractivity contribution in [2.24, 2.45) is 0 Å². The molecular formula is C48H26N8O2S2. The number of pyridine rings is 1. The second kappa shape index (κ2) is 13.9. The molecule has 0 atom stereocenters. The third-order valence-corrected chi connectivity index (χ3v) is 12.2. The Hall–Kier alpha value is -7.80. The molecule has 0 saturated heterocycles. The normalized spacial score (nSPS) is 11.7. The van der Waals surface area contributed by atoms with Crippen molar-refractivity contribution in [2.45, 2.75) is 0 Å². The highest BCUT2D eigenvalue weighted by atomic mass is 32.1. The average Bonchev–Trinajstić information content (AvgIpc) is 4.13. The summed E-state index contributed by atoms with van der Waals surface area (Å²) >= 11 is 3.19. The van der Waals surface area contributed by atoms with E-state index in [1.165, 1.54) is 0 Å². The second-order valence-corrected chi connectivity index (χ2v) is 16.1. The molecule has 12 rings (SSSR count). The van der Waals surface area contributed by atoms with E-state index in [2.05, 4.69) is 12.1 Å². The lowest BCUT2D eigenvalue weighted by Crippen LogP contribution is -2.01. The van der Waals surface area contributed by atoms with Crippen molar-refractivity contribution < 1.29 is 8.83 Å². The molecule has 60 heavy (non-hydrogen) atoms. The van der Waals surface area contributed by atoms with Crippen LogP contribution in [0.2, 0.25) is 0 Å². The fourth-order valence-electron chi connectivity index (χ4n) is 7.12. The Balaban J connectivity index is 1.01. The topological polar surface area (TPSA) is 129 Å². The molecule has 0 amide bonds. The molecule has 12 aromatic rings. The Morgan fingerprint density at radius 3 is 1.13 bits per heavy atom. The Morgan fingerprint density at radius 1 is 0.317 bits per heavy atom. The Morgan fingerprint density at radius 2 is 0.700 bits per heavy atom. The number of para-hydroxylation sites is 6. The third-order valence-electron chi connectivity index (χ3n) is 10.1. The first-order valence-electron chi connectivity index (χ1n) is 19.1. The number of thiazole rings is 2. The monoisotopic (exact) mass is 810 g/mol. The van der Waals surface area contributed by atoms with Crippen LogP contribution in [0.1, 0.15) is 0 Å². The van der Waals surface area contributed by atoms with Crippen LogP contribution in [-0.4, -0.2) is 39.9 Å². The van der Waals surface area contributed by atoms with Gasteiger partial charge in [-0.15, -0.1) is 22.7 Å². The third kappa shape index (κ3) is 6.18. The highest BCUT2D eigenvalue weighted by Crippen LogP contribution is 2.37. The standard InChI is InChI=1S/C48H26N8O2S2/c1-5-13-38-32(9-1)50-45(57-38)29-21-17-27(18-22-29)42-54-43(28-19-23-30(24-20-28)46-51-33-10-2-6-14-39(33)58-46)56-44(55-42)31-25-36(47-52-34-11-3-7-15-40(34)59-47)49-37(26-31)48-53-35-12-4-8-16-41(35)60-48/h1-26H. The van der Waals surface area contributed by atoms with Crippen molar-refractivity contribution in [3.05, 3.63) is 158 Å². The SMILES string of the molecule is c1ccc2oc(-c3ccc(-c4nc(-c5ccc(-c6nc7ccccc7o6)cc5)nc(-c5cc(-c6nc7ccccc7s6)nc(-c6nc7ccccc7s6)c5)n4)cc3)nc2c1. The van der Waals surface area contributed by atoms with Crippen LogP contribution in [0.15, 0.2) is 167 Å². The average molecular weight is 811 g/mol. The molecule has 282 valence electrons. The first kappa shape index (κ1) is 34.3. The molecule has 12 heteroatoms. The zero-order valence-corrected chi connectivity index (χ0v) is 32.9. The minimum absolute atomic E-state index is 0.480. The predicted octanol–water partition coefficient (Wildman–Crippen LogP) is 12.4. The van der Waals surface area contributed by atoms with Gasteiger partial charge in [-0.1, -0.05) is 72.8 Å². The number of benzene rings is 6. The molecule has 0 aliphatic heterocycles. The Labute approximate surface area is 348 Å². The number of hydrogen-bond acceptors (Lipinski definition) is 12. The summed E-state index contributed by atoms with van der Waals surface area (Å²) in [5.74, 6) is 2.57. The molecular weight excluding hydrogens is 785 g/mol. The molecule has 0 aliphatic rings. The lowest BCUT2D eigenvalue weighted by molar-refractivity contribution is 0.619. The minimum Gasteiger partial charge on any atom is -0.436 e. The van der Waals surface area contributed by atoms with Crippen LogP contribution in [0, 0.1) is 0 Å². The minimum atomic E-state index is 0.480. The van der Waals surface area contributed by atoms with Gasteiger partial charge in [0.05, 0.1) is 20.4 Å². The van der Waals surface area contributed by atoms with E-state index in [0.717, 1.165) is 80.5 Å². The summed E-state index contributed by atoms with van der Waals surface area (Å²) in [6.07, 6.45) is 0. The first-order valence-corrected chi connectivity index (χ1v) is 20.7. The van der Waals surface area contributed by atoms with E-state index in [4.69, 9.17) is 48.7 Å². The molecule has 0 spiro atoms. The first-order chi connectivity index (χ1) is 29.6. The van der Waals surface area contributed by atoms with Crippen molar-refractivity contribution >= 4 is 65.3 Å². The Bertz CT molecular complexity index is 3210. The molecule has 0 N–H and O–H groups in total. The summed E-state index contributed by atoms with van der Waals surface area (Å²) < 4.78 is 14.3. The zero-order valence-electron chi connectivity index (χ0n) is 31.2. The quantitative estimate of drug-likeness (QED) is 0.153. The fraction of sp³-hybridized carbons (Fsp3) is 0. The largest absolute Gasteiger partial charge is 0.436 e. The molecule has 0 unspecified atom stereocenters. The zero-order chi connectivity index (χ0) is 39.6. The number of nitrogens with zero attached hydrogens (tertiary/aromatic N) is 8. The molecule has 10 nitrogen and oxygen atoms in total. The maximum atomic E-state index is 6.07. The van der Waals surface area contributed by atoms with Gasteiger partial charge in [0.1, 0.15) is 32.4 Å². The summed E-state index contributed by atoms with van der Waals surface area (Å²) in [6, 6.07) is 51.5. The summed E-state index contributed by atoms with van der Waals surface area (Å²) in [5.41, 5.74) is 10.4. The molecule has 0 saturated carbocycles. The van der Waals surface area contributed by atoms with E-state index in [0.29, 0.717) is 40.6 Å². The van der Waals surface area contributed by atoms with Gasteiger partial charge >= 0.3 is 0 Å². The van der Waals surface area contributed by atoms with Gasteiger partial charge in [0, 0.05) is 27.8 Å². The lowest BCUT2D eigenvalue weighted by Gasteiger charge is -2.10. The van der Waals surface area contributed by atoms with E-state index in [1.54, 1.807) is 22.7 Å². The van der Waals surface area contributed by atoms with E-state index >= 15 is 0 Å². The fourth-order valence-corrected chi connectivity index (χ4v) is 8.97. The van der Waals surface area contributed by atoms with Crippen LogP contribution in [0.4, 0.5) is 0 Å². The van der Waals surface area contributed by atoms with Crippen molar-refractivity contribution in [3.63, 3.8) is 0 Å². The van der Waals surface area contributed by atoms with E-state index in [9.17, 15) is 0 Å². The van der Waals surface area contributed by atoms with E-state index in [-0.39, 0.29) is 0 Å². The van der Waals surface area contributed by atoms with Gasteiger partial charge in [-0.25, -0.2) is 39.9 Å². The molecule has 0 radical (unpaired) electrons. The van der Waals surface area contributed by atoms with Crippen LogP contribution in [0.5, 0.6) is 0 Å². The van der Waals surface area contributed by atoms with Gasteiger partial charge in [0.2, 0.25) is 11.8 Å². The van der Waals surface area contributed by atoms with Crippen LogP contribution >= 0.6 is 22.7 Å². The van der Waals surface area contributed by atoms with Gasteiger partial charge in [-0.3, -0.25) is 0 Å². The van der Waals surface area contributed by atoms with Crippen molar-refractivity contribution in [2.75, 3.05) is 0 Å². The van der Waals surface area contributed by atoms with Gasteiger partial charge in [0.25, 0.3) is 0 Å². The van der Waals surface area contributed by atoms with Gasteiger partial charge in [0.15, 0.2) is 28.6 Å².